The van der Waals surface area contributed by atoms with Gasteiger partial charge in [-0.15, -0.1) is 0 Å². The minimum Gasteiger partial charge on any atom is -0.477 e. The van der Waals surface area contributed by atoms with E-state index in [1.807, 2.05) is 30.3 Å². The van der Waals surface area contributed by atoms with Gasteiger partial charge in [0, 0.05) is 17.9 Å². The average molecular weight is 288 g/mol. The molecule has 0 aliphatic carbocycles. The molecule has 4 nitrogen and oxygen atoms in total. The number of para-hydroxylation sites is 1. The van der Waals surface area contributed by atoms with Crippen molar-refractivity contribution in [3.05, 3.63) is 35.9 Å². The SMILES string of the molecule is NC(=S)c1cc2ccccc2nc1OCC1CCOC1. The van der Waals surface area contributed by atoms with Crippen LogP contribution in [0.2, 0.25) is 0 Å². The number of pyridine rings is 1. The van der Waals surface area contributed by atoms with E-state index in [-0.39, 0.29) is 0 Å². The Kier molecular flexibility index (Phi) is 3.80. The van der Waals surface area contributed by atoms with Crippen molar-refractivity contribution < 1.29 is 9.47 Å². The average Bonchev–Trinajstić information content (AvgIpc) is 2.97. The van der Waals surface area contributed by atoms with E-state index in [0.29, 0.717) is 29.0 Å². The number of hydrogen-bond donors (Lipinski definition) is 1. The van der Waals surface area contributed by atoms with Crippen molar-refractivity contribution in [3.63, 3.8) is 0 Å². The molecule has 5 heteroatoms. The highest BCUT2D eigenvalue weighted by atomic mass is 32.1. The molecule has 1 aliphatic rings. The fourth-order valence-electron chi connectivity index (χ4n) is 2.30. The Labute approximate surface area is 122 Å². The van der Waals surface area contributed by atoms with E-state index in [4.69, 9.17) is 27.4 Å². The van der Waals surface area contributed by atoms with Crippen LogP contribution < -0.4 is 10.5 Å². The van der Waals surface area contributed by atoms with Crippen LogP contribution in [0.3, 0.4) is 0 Å². The first-order valence-corrected chi connectivity index (χ1v) is 7.05. The van der Waals surface area contributed by atoms with E-state index in [2.05, 4.69) is 4.98 Å². The van der Waals surface area contributed by atoms with Gasteiger partial charge in [-0.1, -0.05) is 30.4 Å². The van der Waals surface area contributed by atoms with Gasteiger partial charge in [0.15, 0.2) is 0 Å². The first-order chi connectivity index (χ1) is 9.74. The molecule has 2 N–H and O–H groups in total. The lowest BCUT2D eigenvalue weighted by Crippen LogP contribution is -2.17. The largest absolute Gasteiger partial charge is 0.477 e. The molecule has 104 valence electrons. The first-order valence-electron chi connectivity index (χ1n) is 6.64. The summed E-state index contributed by atoms with van der Waals surface area (Å²) in [5, 5.41) is 1.01. The molecule has 1 aliphatic heterocycles. The molecule has 2 aromatic rings. The standard InChI is InChI=1S/C15H16N2O2S/c16-14(20)12-7-11-3-1-2-4-13(11)17-15(12)19-9-10-5-6-18-8-10/h1-4,7,10H,5-6,8-9H2,(H2,16,20). The highest BCUT2D eigenvalue weighted by Gasteiger charge is 2.18. The Morgan fingerprint density at radius 1 is 1.45 bits per heavy atom. The summed E-state index contributed by atoms with van der Waals surface area (Å²) in [5.41, 5.74) is 7.35. The van der Waals surface area contributed by atoms with E-state index in [0.717, 1.165) is 30.5 Å². The molecule has 0 amide bonds. The Morgan fingerprint density at radius 2 is 2.30 bits per heavy atom. The van der Waals surface area contributed by atoms with Crippen LogP contribution in [0.15, 0.2) is 30.3 Å². The van der Waals surface area contributed by atoms with Crippen LogP contribution in [0, 0.1) is 5.92 Å². The van der Waals surface area contributed by atoms with Crippen molar-refractivity contribution in [2.45, 2.75) is 6.42 Å². The zero-order chi connectivity index (χ0) is 13.9. The van der Waals surface area contributed by atoms with Gasteiger partial charge in [-0.25, -0.2) is 4.98 Å². The van der Waals surface area contributed by atoms with Gasteiger partial charge in [0.05, 0.1) is 24.3 Å². The highest BCUT2D eigenvalue weighted by Crippen LogP contribution is 2.23. The van der Waals surface area contributed by atoms with Crippen molar-refractivity contribution in [2.75, 3.05) is 19.8 Å². The Bertz CT molecular complexity index is 639. The van der Waals surface area contributed by atoms with Gasteiger partial charge in [-0.2, -0.15) is 0 Å². The molecule has 1 saturated heterocycles. The van der Waals surface area contributed by atoms with E-state index in [9.17, 15) is 0 Å². The molecule has 1 aromatic carbocycles. The topological polar surface area (TPSA) is 57.4 Å². The van der Waals surface area contributed by atoms with Gasteiger partial charge in [-0.3, -0.25) is 0 Å². The van der Waals surface area contributed by atoms with Gasteiger partial charge in [0.1, 0.15) is 4.99 Å². The number of aromatic nitrogens is 1. The van der Waals surface area contributed by atoms with E-state index < -0.39 is 0 Å². The number of benzene rings is 1. The van der Waals surface area contributed by atoms with E-state index in [1.54, 1.807) is 0 Å². The zero-order valence-corrected chi connectivity index (χ0v) is 11.9. The second-order valence-corrected chi connectivity index (χ2v) is 5.38. The normalized spacial score (nSPS) is 18.3. The Balaban J connectivity index is 1.90. The number of rotatable bonds is 4. The maximum absolute atomic E-state index is 5.83. The van der Waals surface area contributed by atoms with Gasteiger partial charge >= 0.3 is 0 Å². The number of nitrogens with two attached hydrogens (primary N) is 1. The predicted octanol–water partition coefficient (Wildman–Crippen LogP) is 2.28. The van der Waals surface area contributed by atoms with Crippen LogP contribution in [-0.2, 0) is 4.74 Å². The maximum Gasteiger partial charge on any atom is 0.224 e. The quantitative estimate of drug-likeness (QED) is 0.875. The molecule has 20 heavy (non-hydrogen) atoms. The molecule has 1 atom stereocenters. The third kappa shape index (κ3) is 2.73. The second-order valence-electron chi connectivity index (χ2n) is 4.94. The van der Waals surface area contributed by atoms with Crippen LogP contribution >= 0.6 is 12.2 Å². The fourth-order valence-corrected chi connectivity index (χ4v) is 2.44. The molecule has 1 fully saturated rings. The molecule has 0 spiro atoms. The van der Waals surface area contributed by atoms with Crippen molar-refractivity contribution in [1.82, 2.24) is 4.98 Å². The molecule has 1 unspecified atom stereocenters. The van der Waals surface area contributed by atoms with Crippen LogP contribution in [0.1, 0.15) is 12.0 Å². The summed E-state index contributed by atoms with van der Waals surface area (Å²) in [5.74, 6) is 0.936. The van der Waals surface area contributed by atoms with Gasteiger partial charge in [0.2, 0.25) is 5.88 Å². The molecule has 2 heterocycles. The zero-order valence-electron chi connectivity index (χ0n) is 11.0. The number of fused-ring (bicyclic) bond motifs is 1. The Morgan fingerprint density at radius 3 is 3.05 bits per heavy atom. The minimum absolute atomic E-state index is 0.306. The van der Waals surface area contributed by atoms with Crippen molar-refractivity contribution in [1.29, 1.82) is 0 Å². The maximum atomic E-state index is 5.83. The van der Waals surface area contributed by atoms with Crippen molar-refractivity contribution in [3.8, 4) is 5.88 Å². The molecular formula is C15H16N2O2S. The molecular weight excluding hydrogens is 272 g/mol. The summed E-state index contributed by atoms with van der Waals surface area (Å²) in [6.07, 6.45) is 1.02. The van der Waals surface area contributed by atoms with Gasteiger partial charge in [0.25, 0.3) is 0 Å². The van der Waals surface area contributed by atoms with Crippen molar-refractivity contribution in [2.24, 2.45) is 11.7 Å². The third-order valence-electron chi connectivity index (χ3n) is 3.43. The first kappa shape index (κ1) is 13.3. The fraction of sp³-hybridized carbons (Fsp3) is 0.333. The van der Waals surface area contributed by atoms with Crippen LogP contribution in [-0.4, -0.2) is 29.8 Å². The number of thiocarbonyl (C=S) groups is 1. The highest BCUT2D eigenvalue weighted by molar-refractivity contribution is 7.80. The van der Waals surface area contributed by atoms with E-state index >= 15 is 0 Å². The summed E-state index contributed by atoms with van der Waals surface area (Å²) in [6.45, 7) is 2.14. The number of nitrogens with zero attached hydrogens (tertiary/aromatic N) is 1. The van der Waals surface area contributed by atoms with Crippen LogP contribution in [0.4, 0.5) is 0 Å². The lowest BCUT2D eigenvalue weighted by atomic mass is 10.1. The lowest BCUT2D eigenvalue weighted by Gasteiger charge is -2.13. The summed E-state index contributed by atoms with van der Waals surface area (Å²) in [4.78, 5) is 4.83. The summed E-state index contributed by atoms with van der Waals surface area (Å²) in [7, 11) is 0. The predicted molar refractivity (Wildman–Crippen MR) is 82.1 cm³/mol. The molecule has 1 aromatic heterocycles. The second kappa shape index (κ2) is 5.73. The van der Waals surface area contributed by atoms with Gasteiger partial charge in [-0.05, 0) is 18.6 Å². The third-order valence-corrected chi connectivity index (χ3v) is 3.65. The molecule has 0 bridgehead atoms. The molecule has 3 rings (SSSR count). The van der Waals surface area contributed by atoms with Crippen molar-refractivity contribution >= 4 is 28.1 Å². The minimum atomic E-state index is 0.306. The summed E-state index contributed by atoms with van der Waals surface area (Å²) >= 11 is 5.09. The smallest absolute Gasteiger partial charge is 0.224 e. The number of hydrogen-bond acceptors (Lipinski definition) is 4. The Hall–Kier alpha value is -1.72. The monoisotopic (exact) mass is 288 g/mol. The number of ether oxygens (including phenoxy) is 2. The van der Waals surface area contributed by atoms with Crippen LogP contribution in [0.25, 0.3) is 10.9 Å². The van der Waals surface area contributed by atoms with Crippen LogP contribution in [0.5, 0.6) is 5.88 Å². The van der Waals surface area contributed by atoms with E-state index in [1.165, 1.54) is 0 Å². The molecule has 0 radical (unpaired) electrons. The lowest BCUT2D eigenvalue weighted by molar-refractivity contribution is 0.165. The van der Waals surface area contributed by atoms with Gasteiger partial charge < -0.3 is 15.2 Å². The summed E-state index contributed by atoms with van der Waals surface area (Å²) in [6, 6.07) is 9.78. The summed E-state index contributed by atoms with van der Waals surface area (Å²) < 4.78 is 11.2. The molecule has 0 saturated carbocycles.